The lowest BCUT2D eigenvalue weighted by Gasteiger charge is -2.14. The Labute approximate surface area is 175 Å². The van der Waals surface area contributed by atoms with E-state index in [0.717, 1.165) is 53.8 Å². The van der Waals surface area contributed by atoms with Crippen LogP contribution < -0.4 is 0 Å². The SMILES string of the molecule is CC=CCCc1ccccc1C1=CC(C)=C(c2ccccc2CCC=CC)[N+]1=[N-]. The molecule has 29 heavy (non-hydrogen) atoms. The first-order valence-electron chi connectivity index (χ1n) is 10.5. The highest BCUT2D eigenvalue weighted by Crippen LogP contribution is 2.37. The molecule has 0 saturated carbocycles. The number of hydrogen-bond acceptors (Lipinski definition) is 0. The average Bonchev–Trinajstić information content (AvgIpc) is 3.03. The molecular weight excluding hydrogens is 352 g/mol. The van der Waals surface area contributed by atoms with Gasteiger partial charge in [-0.1, -0.05) is 60.7 Å². The average molecular weight is 383 g/mol. The summed E-state index contributed by atoms with van der Waals surface area (Å²) in [5.74, 6) is 0. The second-order valence-corrected chi connectivity index (χ2v) is 7.40. The van der Waals surface area contributed by atoms with E-state index in [1.54, 1.807) is 0 Å². The molecule has 2 aromatic carbocycles. The van der Waals surface area contributed by atoms with Crippen LogP contribution in [0.5, 0.6) is 0 Å². The van der Waals surface area contributed by atoms with Crippen LogP contribution in [0.3, 0.4) is 0 Å². The quantitative estimate of drug-likeness (QED) is 0.333. The van der Waals surface area contributed by atoms with Crippen molar-refractivity contribution < 1.29 is 4.70 Å². The van der Waals surface area contributed by atoms with Gasteiger partial charge in [0.2, 0.25) is 11.4 Å². The van der Waals surface area contributed by atoms with Gasteiger partial charge < -0.3 is 5.53 Å². The third-order valence-electron chi connectivity index (χ3n) is 5.36. The second kappa shape index (κ2) is 9.97. The lowest BCUT2D eigenvalue weighted by atomic mass is 9.98. The first-order valence-corrected chi connectivity index (χ1v) is 10.5. The fourth-order valence-corrected chi connectivity index (χ4v) is 3.91. The molecule has 0 amide bonds. The molecule has 0 atom stereocenters. The van der Waals surface area contributed by atoms with Crippen LogP contribution in [0, 0.1) is 0 Å². The van der Waals surface area contributed by atoms with Crippen molar-refractivity contribution in [3.05, 3.63) is 112 Å². The predicted octanol–water partition coefficient (Wildman–Crippen LogP) is 7.52. The molecule has 1 aliphatic heterocycles. The topological polar surface area (TPSA) is 25.3 Å². The molecule has 1 aliphatic rings. The van der Waals surface area contributed by atoms with Gasteiger partial charge in [-0.05, 0) is 69.7 Å². The lowest BCUT2D eigenvalue weighted by Crippen LogP contribution is -2.06. The molecule has 0 N–H and O–H groups in total. The Hall–Kier alpha value is -3.00. The zero-order valence-corrected chi connectivity index (χ0v) is 17.7. The summed E-state index contributed by atoms with van der Waals surface area (Å²) in [6, 6.07) is 16.8. The number of nitrogens with zero attached hydrogens (tertiary/aromatic N) is 2. The monoisotopic (exact) mass is 382 g/mol. The van der Waals surface area contributed by atoms with Crippen molar-refractivity contribution >= 4 is 11.4 Å². The summed E-state index contributed by atoms with van der Waals surface area (Å²) >= 11 is 0. The van der Waals surface area contributed by atoms with Gasteiger partial charge in [0.25, 0.3) is 0 Å². The Kier molecular flexibility index (Phi) is 7.13. The molecule has 148 valence electrons. The third-order valence-corrected chi connectivity index (χ3v) is 5.36. The van der Waals surface area contributed by atoms with E-state index in [1.165, 1.54) is 15.8 Å². The minimum Gasteiger partial charge on any atom is -0.493 e. The zero-order valence-electron chi connectivity index (χ0n) is 17.7. The highest BCUT2D eigenvalue weighted by molar-refractivity contribution is 5.79. The lowest BCUT2D eigenvalue weighted by molar-refractivity contribution is -0.344. The highest BCUT2D eigenvalue weighted by Gasteiger charge is 2.29. The minimum absolute atomic E-state index is 0.858. The summed E-state index contributed by atoms with van der Waals surface area (Å²) in [7, 11) is 0. The predicted molar refractivity (Wildman–Crippen MR) is 123 cm³/mol. The summed E-state index contributed by atoms with van der Waals surface area (Å²) in [6.45, 7) is 6.18. The smallest absolute Gasteiger partial charge is 0.210 e. The highest BCUT2D eigenvalue weighted by atomic mass is 15.2. The van der Waals surface area contributed by atoms with E-state index >= 15 is 0 Å². The van der Waals surface area contributed by atoms with E-state index in [1.807, 2.05) is 19.1 Å². The van der Waals surface area contributed by atoms with Crippen LogP contribution in [0.2, 0.25) is 0 Å². The Balaban J connectivity index is 1.92. The molecule has 2 nitrogen and oxygen atoms in total. The number of hydrogen-bond donors (Lipinski definition) is 0. The van der Waals surface area contributed by atoms with Crippen LogP contribution in [0.25, 0.3) is 16.9 Å². The molecule has 2 aromatic rings. The van der Waals surface area contributed by atoms with Crippen molar-refractivity contribution in [3.8, 4) is 0 Å². The minimum atomic E-state index is 0.858. The second-order valence-electron chi connectivity index (χ2n) is 7.40. The van der Waals surface area contributed by atoms with Crippen molar-refractivity contribution in [1.29, 1.82) is 0 Å². The van der Waals surface area contributed by atoms with Gasteiger partial charge in [0.15, 0.2) is 0 Å². The first-order chi connectivity index (χ1) is 14.2. The molecule has 0 saturated heterocycles. The maximum absolute atomic E-state index is 11.2. The number of rotatable bonds is 8. The molecule has 2 heteroatoms. The number of allylic oxidation sites excluding steroid dienone is 6. The van der Waals surface area contributed by atoms with Crippen molar-refractivity contribution in [2.24, 2.45) is 0 Å². The maximum atomic E-state index is 11.2. The van der Waals surface area contributed by atoms with Crippen molar-refractivity contribution in [3.63, 3.8) is 0 Å². The van der Waals surface area contributed by atoms with E-state index in [4.69, 9.17) is 0 Å². The molecule has 1 heterocycles. The van der Waals surface area contributed by atoms with E-state index in [0.29, 0.717) is 0 Å². The third kappa shape index (κ3) is 4.71. The summed E-state index contributed by atoms with van der Waals surface area (Å²) in [6.07, 6.45) is 14.6. The van der Waals surface area contributed by atoms with Gasteiger partial charge in [0.05, 0.1) is 0 Å². The summed E-state index contributed by atoms with van der Waals surface area (Å²) in [5.41, 5.74) is 18.7. The molecule has 0 aromatic heterocycles. The van der Waals surface area contributed by atoms with Crippen LogP contribution in [0.15, 0.2) is 84.5 Å². The van der Waals surface area contributed by atoms with E-state index < -0.39 is 0 Å². The van der Waals surface area contributed by atoms with Gasteiger partial charge in [-0.2, -0.15) is 0 Å². The van der Waals surface area contributed by atoms with Crippen LogP contribution in [-0.4, -0.2) is 4.70 Å². The fraction of sp³-hybridized carbons (Fsp3) is 0.259. The summed E-state index contributed by atoms with van der Waals surface area (Å²) in [5, 5.41) is 0. The van der Waals surface area contributed by atoms with Gasteiger partial charge >= 0.3 is 0 Å². The van der Waals surface area contributed by atoms with Crippen LogP contribution in [-0.2, 0) is 12.8 Å². The van der Waals surface area contributed by atoms with Gasteiger partial charge in [0, 0.05) is 22.8 Å². The van der Waals surface area contributed by atoms with Gasteiger partial charge in [0.1, 0.15) is 0 Å². The Morgan fingerprint density at radius 2 is 1.31 bits per heavy atom. The molecule has 0 aliphatic carbocycles. The Bertz CT molecular complexity index is 1000. The number of benzene rings is 2. The van der Waals surface area contributed by atoms with E-state index in [9.17, 15) is 5.53 Å². The largest absolute Gasteiger partial charge is 0.493 e. The van der Waals surface area contributed by atoms with Gasteiger partial charge in [-0.25, -0.2) is 4.70 Å². The molecule has 0 fully saturated rings. The molecule has 0 radical (unpaired) electrons. The zero-order chi connectivity index (χ0) is 20.6. The van der Waals surface area contributed by atoms with Crippen molar-refractivity contribution in [2.75, 3.05) is 0 Å². The van der Waals surface area contributed by atoms with Crippen LogP contribution in [0.1, 0.15) is 55.9 Å². The fourth-order valence-electron chi connectivity index (χ4n) is 3.91. The first kappa shape index (κ1) is 20.7. The van der Waals surface area contributed by atoms with Crippen LogP contribution in [0.4, 0.5) is 0 Å². The Morgan fingerprint density at radius 3 is 1.90 bits per heavy atom. The normalized spacial score (nSPS) is 14.4. The van der Waals surface area contributed by atoms with Gasteiger partial charge in [-0.15, -0.1) is 0 Å². The van der Waals surface area contributed by atoms with E-state index in [2.05, 4.69) is 80.6 Å². The maximum Gasteiger partial charge on any atom is 0.210 e. The standard InChI is InChI=1S/C27H30N2/c1-4-6-8-14-22-16-10-12-18-24(22)26-20-21(3)27(29(26)28)25-19-13-11-17-23(25)15-9-7-5-2/h4-7,10-13,16-20H,8-9,14-15H2,1-3H3. The van der Waals surface area contributed by atoms with Crippen molar-refractivity contribution in [2.45, 2.75) is 46.5 Å². The summed E-state index contributed by atoms with van der Waals surface area (Å²) < 4.78 is 1.39. The molecule has 3 rings (SSSR count). The van der Waals surface area contributed by atoms with E-state index in [-0.39, 0.29) is 0 Å². The van der Waals surface area contributed by atoms with Crippen molar-refractivity contribution in [1.82, 2.24) is 0 Å². The van der Waals surface area contributed by atoms with Gasteiger partial charge in [-0.3, -0.25) is 0 Å². The molecule has 0 bridgehead atoms. The summed E-state index contributed by atoms with van der Waals surface area (Å²) in [4.78, 5) is 0. The Morgan fingerprint density at radius 1 is 0.793 bits per heavy atom. The molecular formula is C27H30N2. The number of aryl methyl sites for hydroxylation is 2. The van der Waals surface area contributed by atoms with Crippen LogP contribution >= 0.6 is 0 Å². The molecule has 0 unspecified atom stereocenters. The molecule has 0 spiro atoms.